The Bertz CT molecular complexity index is 904. The first kappa shape index (κ1) is 21.0. The van der Waals surface area contributed by atoms with Crippen molar-refractivity contribution in [3.05, 3.63) is 30.1 Å². The molecule has 3 aliphatic heterocycles. The number of amides is 1. The number of likely N-dealkylation sites (tertiary alicyclic amines) is 1. The molecule has 6 nitrogen and oxygen atoms in total. The molecule has 6 heteroatoms. The van der Waals surface area contributed by atoms with E-state index < -0.39 is 0 Å². The Kier molecular flexibility index (Phi) is 6.02. The molecule has 0 saturated carbocycles. The van der Waals surface area contributed by atoms with Crippen molar-refractivity contribution in [2.75, 3.05) is 26.7 Å². The van der Waals surface area contributed by atoms with Gasteiger partial charge in [0.05, 0.1) is 17.1 Å². The van der Waals surface area contributed by atoms with Gasteiger partial charge >= 0.3 is 0 Å². The monoisotopic (exact) mass is 423 g/mol. The van der Waals surface area contributed by atoms with E-state index in [1.54, 1.807) is 7.05 Å². The lowest BCUT2D eigenvalue weighted by Crippen LogP contribution is -2.51. The van der Waals surface area contributed by atoms with Crippen LogP contribution in [0.3, 0.4) is 0 Å². The van der Waals surface area contributed by atoms with Crippen molar-refractivity contribution in [1.82, 2.24) is 24.7 Å². The summed E-state index contributed by atoms with van der Waals surface area (Å²) in [7, 11) is 1.78. The highest BCUT2D eigenvalue weighted by molar-refractivity contribution is 5.81. The average Bonchev–Trinajstić information content (AvgIpc) is 3.25. The SMILES string of the molecule is CNC(=O)C(CCN1[C@@H]2CC[C@H]1CC(n1c(C)nc3ccccc31)C2)N1CCCCC1. The molecule has 1 aromatic heterocycles. The lowest BCUT2D eigenvalue weighted by atomic mass is 9.95. The van der Waals surface area contributed by atoms with Gasteiger partial charge in [-0.3, -0.25) is 14.6 Å². The number of nitrogens with one attached hydrogen (secondary N) is 1. The molecule has 2 bridgehead atoms. The van der Waals surface area contributed by atoms with Gasteiger partial charge in [0, 0.05) is 31.7 Å². The van der Waals surface area contributed by atoms with Crippen LogP contribution < -0.4 is 5.32 Å². The van der Waals surface area contributed by atoms with Crippen molar-refractivity contribution in [2.24, 2.45) is 0 Å². The highest BCUT2D eigenvalue weighted by atomic mass is 16.2. The molecule has 0 radical (unpaired) electrons. The number of aryl methyl sites for hydroxylation is 1. The standard InChI is InChI=1S/C25H37N5O/c1-18-27-22-8-4-5-9-23(22)30(18)21-16-19-10-11-20(17-21)29(19)15-12-24(25(31)26-2)28-13-6-3-7-14-28/h4-5,8-9,19-21,24H,3,6-7,10-17H2,1-2H3,(H,26,31)/t19-,20+,21?,24?. The Balaban J connectivity index is 1.28. The first-order chi connectivity index (χ1) is 15.2. The molecule has 2 unspecified atom stereocenters. The van der Waals surface area contributed by atoms with Crippen LogP contribution >= 0.6 is 0 Å². The number of aromatic nitrogens is 2. The number of carbonyl (C=O) groups is 1. The lowest BCUT2D eigenvalue weighted by molar-refractivity contribution is -0.126. The molecule has 3 saturated heterocycles. The number of nitrogens with zero attached hydrogens (tertiary/aromatic N) is 4. The predicted molar refractivity (Wildman–Crippen MR) is 124 cm³/mol. The van der Waals surface area contributed by atoms with Crippen LogP contribution in [0.4, 0.5) is 0 Å². The number of hydrogen-bond donors (Lipinski definition) is 1. The third-order valence-electron chi connectivity index (χ3n) is 8.04. The molecule has 0 spiro atoms. The van der Waals surface area contributed by atoms with E-state index in [1.807, 2.05) is 0 Å². The van der Waals surface area contributed by atoms with Crippen LogP contribution in [0.15, 0.2) is 24.3 Å². The summed E-state index contributed by atoms with van der Waals surface area (Å²) in [6.45, 7) is 5.33. The summed E-state index contributed by atoms with van der Waals surface area (Å²) in [5, 5.41) is 2.93. The number of benzene rings is 1. The molecule has 0 aliphatic carbocycles. The number of fused-ring (bicyclic) bond motifs is 3. The molecule has 2 aromatic rings. The molecule has 4 atom stereocenters. The van der Waals surface area contributed by atoms with Crippen molar-refractivity contribution in [3.8, 4) is 0 Å². The second-order valence-electron chi connectivity index (χ2n) is 9.78. The summed E-state index contributed by atoms with van der Waals surface area (Å²) >= 11 is 0. The zero-order chi connectivity index (χ0) is 21.4. The summed E-state index contributed by atoms with van der Waals surface area (Å²) in [6, 6.07) is 10.4. The molecule has 168 valence electrons. The molecule has 31 heavy (non-hydrogen) atoms. The summed E-state index contributed by atoms with van der Waals surface area (Å²) in [6.07, 6.45) is 9.69. The Morgan fingerprint density at radius 1 is 1.10 bits per heavy atom. The third-order valence-corrected chi connectivity index (χ3v) is 8.04. The van der Waals surface area contributed by atoms with Gasteiger partial charge in [0.2, 0.25) is 5.91 Å². The first-order valence-corrected chi connectivity index (χ1v) is 12.3. The van der Waals surface area contributed by atoms with E-state index in [1.165, 1.54) is 50.5 Å². The Morgan fingerprint density at radius 3 is 2.52 bits per heavy atom. The quantitative estimate of drug-likeness (QED) is 0.773. The van der Waals surface area contributed by atoms with Crippen LogP contribution in [0.5, 0.6) is 0 Å². The Morgan fingerprint density at radius 2 is 1.81 bits per heavy atom. The van der Waals surface area contributed by atoms with E-state index in [2.05, 4.69) is 50.9 Å². The highest BCUT2D eigenvalue weighted by Crippen LogP contribution is 2.42. The van der Waals surface area contributed by atoms with Crippen molar-refractivity contribution < 1.29 is 4.79 Å². The zero-order valence-electron chi connectivity index (χ0n) is 19.1. The molecule has 1 N–H and O–H groups in total. The molecule has 4 heterocycles. The minimum absolute atomic E-state index is 0.0299. The topological polar surface area (TPSA) is 53.4 Å². The van der Waals surface area contributed by atoms with Crippen molar-refractivity contribution in [3.63, 3.8) is 0 Å². The summed E-state index contributed by atoms with van der Waals surface area (Å²) < 4.78 is 2.50. The molecule has 3 fully saturated rings. The smallest absolute Gasteiger partial charge is 0.237 e. The van der Waals surface area contributed by atoms with E-state index in [4.69, 9.17) is 4.98 Å². The maximum absolute atomic E-state index is 12.7. The van der Waals surface area contributed by atoms with E-state index in [0.717, 1.165) is 37.4 Å². The number of hydrogen-bond acceptors (Lipinski definition) is 4. The normalized spacial score (nSPS) is 28.1. The van der Waals surface area contributed by atoms with Crippen LogP contribution in [0.2, 0.25) is 0 Å². The fourth-order valence-electron chi connectivity index (χ4n) is 6.59. The molecule has 5 rings (SSSR count). The van der Waals surface area contributed by atoms with E-state index in [9.17, 15) is 4.79 Å². The largest absolute Gasteiger partial charge is 0.358 e. The van der Waals surface area contributed by atoms with Gasteiger partial charge < -0.3 is 9.88 Å². The van der Waals surface area contributed by atoms with Crippen molar-refractivity contribution in [1.29, 1.82) is 0 Å². The van der Waals surface area contributed by atoms with Crippen LogP contribution in [0.25, 0.3) is 11.0 Å². The van der Waals surface area contributed by atoms with Gasteiger partial charge in [-0.25, -0.2) is 4.98 Å². The van der Waals surface area contributed by atoms with E-state index in [-0.39, 0.29) is 11.9 Å². The van der Waals surface area contributed by atoms with Gasteiger partial charge in [-0.15, -0.1) is 0 Å². The van der Waals surface area contributed by atoms with Gasteiger partial charge in [0.25, 0.3) is 0 Å². The summed E-state index contributed by atoms with van der Waals surface area (Å²) in [5.41, 5.74) is 2.40. The number of imidazole rings is 1. The van der Waals surface area contributed by atoms with Gasteiger partial charge in [0.15, 0.2) is 0 Å². The minimum atomic E-state index is 0.0299. The van der Waals surface area contributed by atoms with Gasteiger partial charge in [-0.05, 0) is 77.1 Å². The second-order valence-corrected chi connectivity index (χ2v) is 9.78. The first-order valence-electron chi connectivity index (χ1n) is 12.3. The number of para-hydroxylation sites is 2. The fourth-order valence-corrected chi connectivity index (χ4v) is 6.59. The average molecular weight is 424 g/mol. The van der Waals surface area contributed by atoms with Crippen LogP contribution in [-0.4, -0.2) is 70.1 Å². The zero-order valence-corrected chi connectivity index (χ0v) is 19.1. The van der Waals surface area contributed by atoms with Crippen molar-refractivity contribution >= 4 is 16.9 Å². The molecular formula is C25H37N5O. The van der Waals surface area contributed by atoms with Crippen LogP contribution in [-0.2, 0) is 4.79 Å². The maximum Gasteiger partial charge on any atom is 0.237 e. The molecule has 1 aromatic carbocycles. The number of carbonyl (C=O) groups excluding carboxylic acids is 1. The maximum atomic E-state index is 12.7. The second kappa shape index (κ2) is 8.91. The van der Waals surface area contributed by atoms with Crippen molar-refractivity contribution in [2.45, 2.75) is 82.5 Å². The summed E-state index contributed by atoms with van der Waals surface area (Å²) in [4.78, 5) is 22.6. The number of likely N-dealkylation sites (N-methyl/N-ethyl adjacent to an activating group) is 1. The van der Waals surface area contributed by atoms with E-state index >= 15 is 0 Å². The highest BCUT2D eigenvalue weighted by Gasteiger charge is 2.42. The number of rotatable bonds is 6. The molecule has 3 aliphatic rings. The van der Waals surface area contributed by atoms with Gasteiger partial charge in [-0.1, -0.05) is 18.6 Å². The van der Waals surface area contributed by atoms with Gasteiger partial charge in [-0.2, -0.15) is 0 Å². The molecule has 1 amide bonds. The van der Waals surface area contributed by atoms with Crippen LogP contribution in [0.1, 0.15) is 63.2 Å². The number of piperidine rings is 2. The lowest BCUT2D eigenvalue weighted by Gasteiger charge is -2.41. The fraction of sp³-hybridized carbons (Fsp3) is 0.680. The van der Waals surface area contributed by atoms with Crippen LogP contribution in [0, 0.1) is 6.92 Å². The van der Waals surface area contributed by atoms with Gasteiger partial charge in [0.1, 0.15) is 5.82 Å². The Hall–Kier alpha value is -1.92. The predicted octanol–water partition coefficient (Wildman–Crippen LogP) is 3.50. The third kappa shape index (κ3) is 4.00. The van der Waals surface area contributed by atoms with E-state index in [0.29, 0.717) is 18.1 Å². The molecular weight excluding hydrogens is 386 g/mol. The minimum Gasteiger partial charge on any atom is -0.358 e. The summed E-state index contributed by atoms with van der Waals surface area (Å²) in [5.74, 6) is 1.34. The Labute approximate surface area is 186 Å².